The highest BCUT2D eigenvalue weighted by molar-refractivity contribution is 7.80. The van der Waals surface area contributed by atoms with Gasteiger partial charge in [0.05, 0.1) is 18.3 Å². The maximum Gasteiger partial charge on any atom is 0.129 e. The summed E-state index contributed by atoms with van der Waals surface area (Å²) in [6.07, 6.45) is 0.236. The highest BCUT2D eigenvalue weighted by atomic mass is 32.1. The second-order valence-electron chi connectivity index (χ2n) is 4.53. The van der Waals surface area contributed by atoms with E-state index in [0.29, 0.717) is 29.9 Å². The van der Waals surface area contributed by atoms with E-state index in [0.717, 1.165) is 5.56 Å². The lowest BCUT2D eigenvalue weighted by Crippen LogP contribution is -2.19. The first-order valence-electron chi connectivity index (χ1n) is 6.15. The third kappa shape index (κ3) is 4.63. The zero-order valence-electron chi connectivity index (χ0n) is 11.2. The van der Waals surface area contributed by atoms with Crippen molar-refractivity contribution in [3.63, 3.8) is 0 Å². The first-order chi connectivity index (χ1) is 8.52. The average Bonchev–Trinajstić information content (AvgIpc) is 2.34. The van der Waals surface area contributed by atoms with Gasteiger partial charge in [-0.15, -0.1) is 0 Å². The summed E-state index contributed by atoms with van der Waals surface area (Å²) in [5.41, 5.74) is 6.39. The van der Waals surface area contributed by atoms with Crippen LogP contribution < -0.4 is 10.5 Å². The van der Waals surface area contributed by atoms with E-state index >= 15 is 0 Å². The van der Waals surface area contributed by atoms with Crippen molar-refractivity contribution in [3.05, 3.63) is 29.8 Å². The molecule has 0 saturated heterocycles. The molecule has 0 spiro atoms. The van der Waals surface area contributed by atoms with Gasteiger partial charge in [-0.25, -0.2) is 0 Å². The Kier molecular flexibility index (Phi) is 6.09. The molecule has 0 amide bonds. The molecule has 1 aromatic rings. The van der Waals surface area contributed by atoms with Gasteiger partial charge in [0.2, 0.25) is 0 Å². The Bertz CT molecular complexity index is 393. The number of rotatable bonds is 7. The summed E-state index contributed by atoms with van der Waals surface area (Å²) in [7, 11) is 0. The van der Waals surface area contributed by atoms with E-state index in [1.165, 1.54) is 0 Å². The fraction of sp³-hybridized carbons (Fsp3) is 0.500. The van der Waals surface area contributed by atoms with Crippen molar-refractivity contribution in [2.24, 2.45) is 11.7 Å². The number of nitrogens with two attached hydrogens (primary N) is 1. The molecule has 0 aromatic heterocycles. The molecule has 0 saturated carbocycles. The molecule has 0 aliphatic rings. The SMILES string of the molecule is CC(C)C(C)OCCOc1ccccc1C(N)=S. The number of ether oxygens (including phenoxy) is 2. The monoisotopic (exact) mass is 267 g/mol. The summed E-state index contributed by atoms with van der Waals surface area (Å²) < 4.78 is 11.3. The highest BCUT2D eigenvalue weighted by Crippen LogP contribution is 2.17. The topological polar surface area (TPSA) is 44.5 Å². The normalized spacial score (nSPS) is 12.4. The Balaban J connectivity index is 2.42. The minimum absolute atomic E-state index is 0.236. The van der Waals surface area contributed by atoms with Crippen LogP contribution in [0.2, 0.25) is 0 Å². The minimum Gasteiger partial charge on any atom is -0.490 e. The molecule has 0 aliphatic heterocycles. The van der Waals surface area contributed by atoms with Crippen LogP contribution in [0.15, 0.2) is 24.3 Å². The first kappa shape index (κ1) is 14.9. The number of hydrogen-bond donors (Lipinski definition) is 1. The number of hydrogen-bond acceptors (Lipinski definition) is 3. The second kappa shape index (κ2) is 7.34. The van der Waals surface area contributed by atoms with Gasteiger partial charge in [0.1, 0.15) is 17.3 Å². The molecule has 0 bridgehead atoms. The molecule has 18 heavy (non-hydrogen) atoms. The first-order valence-corrected chi connectivity index (χ1v) is 6.56. The van der Waals surface area contributed by atoms with Gasteiger partial charge in [-0.1, -0.05) is 38.2 Å². The number of thiocarbonyl (C=S) groups is 1. The van der Waals surface area contributed by atoms with E-state index in [2.05, 4.69) is 20.8 Å². The van der Waals surface area contributed by atoms with E-state index in [4.69, 9.17) is 27.4 Å². The minimum atomic E-state index is 0.236. The number of para-hydroxylation sites is 1. The Morgan fingerprint density at radius 2 is 1.89 bits per heavy atom. The van der Waals surface area contributed by atoms with Gasteiger partial charge < -0.3 is 15.2 Å². The third-order valence-electron chi connectivity index (χ3n) is 2.81. The van der Waals surface area contributed by atoms with Crippen LogP contribution >= 0.6 is 12.2 Å². The molecule has 3 nitrogen and oxygen atoms in total. The molecular weight excluding hydrogens is 246 g/mol. The Hall–Kier alpha value is -1.13. The molecular formula is C14H21NO2S. The molecule has 4 heteroatoms. The standard InChI is InChI=1S/C14H21NO2S/c1-10(2)11(3)16-8-9-17-13-7-5-4-6-12(13)14(15)18/h4-7,10-11H,8-9H2,1-3H3,(H2,15,18). The van der Waals surface area contributed by atoms with Crippen LogP contribution in [0.5, 0.6) is 5.75 Å². The van der Waals surface area contributed by atoms with Crippen molar-refractivity contribution < 1.29 is 9.47 Å². The van der Waals surface area contributed by atoms with Gasteiger partial charge in [0.25, 0.3) is 0 Å². The van der Waals surface area contributed by atoms with E-state index in [1.807, 2.05) is 24.3 Å². The summed E-state index contributed by atoms with van der Waals surface area (Å²) in [5.74, 6) is 1.22. The predicted octanol–water partition coefficient (Wildman–Crippen LogP) is 2.76. The van der Waals surface area contributed by atoms with Crippen molar-refractivity contribution in [1.82, 2.24) is 0 Å². The fourth-order valence-electron chi connectivity index (χ4n) is 1.37. The molecule has 0 radical (unpaired) electrons. The molecule has 1 unspecified atom stereocenters. The van der Waals surface area contributed by atoms with Crippen molar-refractivity contribution >= 4 is 17.2 Å². The van der Waals surface area contributed by atoms with Crippen molar-refractivity contribution in [3.8, 4) is 5.75 Å². The van der Waals surface area contributed by atoms with Gasteiger partial charge >= 0.3 is 0 Å². The molecule has 0 fully saturated rings. The third-order valence-corrected chi connectivity index (χ3v) is 3.03. The maximum atomic E-state index is 5.64. The van der Waals surface area contributed by atoms with Crippen LogP contribution in [-0.2, 0) is 4.74 Å². The van der Waals surface area contributed by atoms with Crippen molar-refractivity contribution in [2.75, 3.05) is 13.2 Å². The van der Waals surface area contributed by atoms with Crippen LogP contribution in [0.1, 0.15) is 26.3 Å². The van der Waals surface area contributed by atoms with E-state index in [1.54, 1.807) is 0 Å². The Labute approximate surface area is 114 Å². The largest absolute Gasteiger partial charge is 0.490 e. The summed E-state index contributed by atoms with van der Waals surface area (Å²) >= 11 is 4.97. The quantitative estimate of drug-likeness (QED) is 0.609. The van der Waals surface area contributed by atoms with Crippen molar-refractivity contribution in [1.29, 1.82) is 0 Å². The summed E-state index contributed by atoms with van der Waals surface area (Å²) in [6.45, 7) is 7.39. The molecule has 0 aliphatic carbocycles. The zero-order valence-corrected chi connectivity index (χ0v) is 12.0. The fourth-order valence-corrected chi connectivity index (χ4v) is 1.54. The molecule has 1 rings (SSSR count). The van der Waals surface area contributed by atoms with Gasteiger partial charge in [-0.2, -0.15) is 0 Å². The lowest BCUT2D eigenvalue weighted by Gasteiger charge is -2.17. The lowest BCUT2D eigenvalue weighted by molar-refractivity contribution is 0.0188. The molecule has 2 N–H and O–H groups in total. The highest BCUT2D eigenvalue weighted by Gasteiger charge is 2.08. The summed E-state index contributed by atoms with van der Waals surface area (Å²) in [5, 5.41) is 0. The van der Waals surface area contributed by atoms with Crippen molar-refractivity contribution in [2.45, 2.75) is 26.9 Å². The molecule has 0 heterocycles. The van der Waals surface area contributed by atoms with E-state index in [9.17, 15) is 0 Å². The van der Waals surface area contributed by atoms with E-state index < -0.39 is 0 Å². The molecule has 1 aromatic carbocycles. The van der Waals surface area contributed by atoms with Crippen LogP contribution in [0.25, 0.3) is 0 Å². The smallest absolute Gasteiger partial charge is 0.129 e. The summed E-state index contributed by atoms with van der Waals surface area (Å²) in [4.78, 5) is 0.349. The van der Waals surface area contributed by atoms with Gasteiger partial charge in [-0.3, -0.25) is 0 Å². The van der Waals surface area contributed by atoms with Gasteiger partial charge in [0, 0.05) is 0 Å². The predicted molar refractivity (Wildman–Crippen MR) is 78.1 cm³/mol. The van der Waals surface area contributed by atoms with Gasteiger partial charge in [0.15, 0.2) is 0 Å². The van der Waals surface area contributed by atoms with Crippen LogP contribution in [-0.4, -0.2) is 24.3 Å². The summed E-state index contributed by atoms with van der Waals surface area (Å²) in [6, 6.07) is 7.50. The van der Waals surface area contributed by atoms with Crippen LogP contribution in [0, 0.1) is 5.92 Å². The second-order valence-corrected chi connectivity index (χ2v) is 4.97. The Morgan fingerprint density at radius 3 is 2.50 bits per heavy atom. The van der Waals surface area contributed by atoms with Gasteiger partial charge in [-0.05, 0) is 25.0 Å². The van der Waals surface area contributed by atoms with Crippen LogP contribution in [0.4, 0.5) is 0 Å². The lowest BCUT2D eigenvalue weighted by atomic mass is 10.1. The maximum absolute atomic E-state index is 5.64. The van der Waals surface area contributed by atoms with E-state index in [-0.39, 0.29) is 6.10 Å². The zero-order chi connectivity index (χ0) is 13.5. The molecule has 1 atom stereocenters. The molecule has 100 valence electrons. The van der Waals surface area contributed by atoms with Crippen LogP contribution in [0.3, 0.4) is 0 Å². The Morgan fingerprint density at radius 1 is 1.22 bits per heavy atom. The number of benzene rings is 1. The average molecular weight is 267 g/mol.